The summed E-state index contributed by atoms with van der Waals surface area (Å²) < 4.78 is 0. The molecule has 0 unspecified atom stereocenters. The summed E-state index contributed by atoms with van der Waals surface area (Å²) in [4.78, 5) is 0. The number of rotatable bonds is 21. The van der Waals surface area contributed by atoms with Gasteiger partial charge >= 0.3 is 0 Å². The standard InChI is InChI=1S/C7H14.4C7H16.C6H12.4C6H14/c1-7-5-3-2-4-6-7;2*1-4-5-6-7(2)3;1-4-6-7(3)5-2;1-3-5-7-6-4-2;1-2-3-6-4-5-6;1-5-6(2,3)4;2*1-4-5-6(2)3;1-4-6(3)5-2/h7H,2-6H2,1H3;3*7H,4-6H2,1-3H3;3-7H2,1-2H3;6H,2-5H2,1H3;5H2,1-4H3;3*6H,4-5H2,1-3H3/t;;;7-;;;;;;/m...1....../s1. The van der Waals surface area contributed by atoms with E-state index in [0.717, 1.165) is 47.3 Å². The molecule has 0 saturated heterocycles. The first kappa shape index (κ1) is 81.9. The zero-order valence-electron chi connectivity index (χ0n) is 52.3. The summed E-state index contributed by atoms with van der Waals surface area (Å²) >= 11 is 0. The number of unbranched alkanes of at least 4 members (excludes halogenated alkanes) is 6. The van der Waals surface area contributed by atoms with Crippen molar-refractivity contribution in [3.63, 3.8) is 0 Å². The molecule has 0 N–H and O–H groups in total. The molecule has 2 saturated carbocycles. The Kier molecular flexibility index (Phi) is 89.0. The molecule has 2 fully saturated rings. The Morgan fingerprint density at radius 2 is 0.677 bits per heavy atom. The minimum Gasteiger partial charge on any atom is -0.0654 e. The molecule has 0 radical (unpaired) electrons. The molecular weight excluding hydrogens is 781 g/mol. The molecule has 0 aromatic carbocycles. The fourth-order valence-electron chi connectivity index (χ4n) is 6.16. The van der Waals surface area contributed by atoms with Gasteiger partial charge in [0.25, 0.3) is 0 Å². The third kappa shape index (κ3) is 127. The van der Waals surface area contributed by atoms with Crippen molar-refractivity contribution in [3.05, 3.63) is 0 Å². The van der Waals surface area contributed by atoms with E-state index in [9.17, 15) is 0 Å². The molecule has 0 aliphatic heterocycles. The van der Waals surface area contributed by atoms with Gasteiger partial charge in [-0.25, -0.2) is 0 Å². The van der Waals surface area contributed by atoms with Crippen LogP contribution in [0.2, 0.25) is 0 Å². The molecule has 65 heavy (non-hydrogen) atoms. The van der Waals surface area contributed by atoms with Gasteiger partial charge in [-0.05, 0) is 52.8 Å². The lowest BCUT2D eigenvalue weighted by Crippen LogP contribution is -2.00. The summed E-state index contributed by atoms with van der Waals surface area (Å²) in [5, 5.41) is 0. The van der Waals surface area contributed by atoms with Crippen LogP contribution in [0.3, 0.4) is 0 Å². The Morgan fingerprint density at radius 1 is 0.354 bits per heavy atom. The average molecular weight is 928 g/mol. The van der Waals surface area contributed by atoms with Gasteiger partial charge in [0.05, 0.1) is 0 Å². The van der Waals surface area contributed by atoms with Crippen LogP contribution in [0.25, 0.3) is 0 Å². The fraction of sp³-hybridized carbons (Fsp3) is 1.00. The molecule has 0 nitrogen and oxygen atoms in total. The van der Waals surface area contributed by atoms with Crippen LogP contribution in [0, 0.1) is 52.8 Å². The third-order valence-electron chi connectivity index (χ3n) is 12.4. The highest BCUT2D eigenvalue weighted by molar-refractivity contribution is 4.71. The molecule has 2 rings (SSSR count). The second kappa shape index (κ2) is 70.6. The normalized spacial score (nSPS) is 13.3. The monoisotopic (exact) mass is 927 g/mol. The highest BCUT2D eigenvalue weighted by Crippen LogP contribution is 2.33. The Balaban J connectivity index is -0.0000000926. The van der Waals surface area contributed by atoms with Crippen molar-refractivity contribution < 1.29 is 0 Å². The first-order chi connectivity index (χ1) is 30.5. The Labute approximate surface area is 423 Å². The Bertz CT molecular complexity index is 643. The molecule has 1 atom stereocenters. The average Bonchev–Trinajstić information content (AvgIpc) is 4.08. The van der Waals surface area contributed by atoms with E-state index in [-0.39, 0.29) is 0 Å². The minimum atomic E-state index is 0.542. The van der Waals surface area contributed by atoms with Crippen LogP contribution >= 0.6 is 0 Å². The molecule has 406 valence electrons. The topological polar surface area (TPSA) is 0 Å². The van der Waals surface area contributed by atoms with Crippen molar-refractivity contribution >= 4 is 0 Å². The third-order valence-corrected chi connectivity index (χ3v) is 12.4. The smallest absolute Gasteiger partial charge is 0.0385 e. The second-order valence-corrected chi connectivity index (χ2v) is 23.6. The Hall–Kier alpha value is 0. The van der Waals surface area contributed by atoms with Crippen molar-refractivity contribution in [1.29, 1.82) is 0 Å². The van der Waals surface area contributed by atoms with Crippen LogP contribution in [0.5, 0.6) is 0 Å². The fourth-order valence-corrected chi connectivity index (χ4v) is 6.16. The molecule has 2 aliphatic rings. The molecule has 0 amide bonds. The predicted octanol–water partition coefficient (Wildman–Crippen LogP) is 26.0. The van der Waals surface area contributed by atoms with Crippen LogP contribution in [0.1, 0.15) is 373 Å². The molecule has 0 heterocycles. The van der Waals surface area contributed by atoms with Gasteiger partial charge in [-0.3, -0.25) is 0 Å². The first-order valence-corrected chi connectivity index (χ1v) is 30.5. The summed E-state index contributed by atoms with van der Waals surface area (Å²) in [6.45, 7) is 58.6. The quantitative estimate of drug-likeness (QED) is 0.101. The van der Waals surface area contributed by atoms with E-state index >= 15 is 0 Å². The van der Waals surface area contributed by atoms with E-state index in [2.05, 4.69) is 180 Å². The largest absolute Gasteiger partial charge is 0.0654 e. The zero-order chi connectivity index (χ0) is 52.3. The maximum absolute atomic E-state index is 2.36. The molecule has 2 aliphatic carbocycles. The van der Waals surface area contributed by atoms with Crippen molar-refractivity contribution in [1.82, 2.24) is 0 Å². The molecule has 0 aromatic heterocycles. The van der Waals surface area contributed by atoms with Crippen LogP contribution < -0.4 is 0 Å². The highest BCUT2D eigenvalue weighted by atomic mass is 14.2. The van der Waals surface area contributed by atoms with Crippen LogP contribution in [0.4, 0.5) is 0 Å². The lowest BCUT2D eigenvalue weighted by atomic mass is 9.91. The van der Waals surface area contributed by atoms with Gasteiger partial charge in [0.15, 0.2) is 0 Å². The molecule has 0 spiro atoms. The van der Waals surface area contributed by atoms with E-state index in [0.29, 0.717) is 5.41 Å². The lowest BCUT2D eigenvalue weighted by Gasteiger charge is -2.15. The maximum atomic E-state index is 2.36. The highest BCUT2D eigenvalue weighted by Gasteiger charge is 2.18. The van der Waals surface area contributed by atoms with Gasteiger partial charge in [0.1, 0.15) is 0 Å². The summed E-state index contributed by atoms with van der Waals surface area (Å²) in [5.74, 6) is 7.67. The van der Waals surface area contributed by atoms with Gasteiger partial charge in [-0.2, -0.15) is 0 Å². The predicted molar refractivity (Wildman–Crippen MR) is 316 cm³/mol. The van der Waals surface area contributed by atoms with Crippen molar-refractivity contribution in [3.8, 4) is 0 Å². The van der Waals surface area contributed by atoms with Gasteiger partial charge in [0, 0.05) is 0 Å². The number of hydrogen-bond donors (Lipinski definition) is 0. The van der Waals surface area contributed by atoms with Crippen molar-refractivity contribution in [2.24, 2.45) is 52.8 Å². The Morgan fingerprint density at radius 3 is 0.785 bits per heavy atom. The van der Waals surface area contributed by atoms with E-state index in [1.165, 1.54) is 193 Å². The van der Waals surface area contributed by atoms with Crippen LogP contribution in [0.15, 0.2) is 0 Å². The van der Waals surface area contributed by atoms with Crippen LogP contribution in [-0.2, 0) is 0 Å². The van der Waals surface area contributed by atoms with Gasteiger partial charge in [0.2, 0.25) is 0 Å². The van der Waals surface area contributed by atoms with Gasteiger partial charge in [-0.1, -0.05) is 373 Å². The first-order valence-electron chi connectivity index (χ1n) is 30.5. The van der Waals surface area contributed by atoms with Crippen LogP contribution in [-0.4, -0.2) is 0 Å². The SMILES string of the molecule is CC1CCCCC1.CCC(C)(C)C.CCC(C)CC.CCCC(C)C.CCCC(C)C.CCCC1CC1.CCCCC(C)C.CCCCC(C)C.CCCCCCC.CCC[C@H](C)CC. The van der Waals surface area contributed by atoms with E-state index < -0.39 is 0 Å². The summed E-state index contributed by atoms with van der Waals surface area (Å²) in [7, 11) is 0. The molecule has 0 heteroatoms. The van der Waals surface area contributed by atoms with Crippen molar-refractivity contribution in [2.75, 3.05) is 0 Å². The summed E-state index contributed by atoms with van der Waals surface area (Å²) in [5.41, 5.74) is 0.542. The number of hydrogen-bond acceptors (Lipinski definition) is 0. The van der Waals surface area contributed by atoms with Crippen molar-refractivity contribution in [2.45, 2.75) is 373 Å². The molecule has 0 aromatic rings. The van der Waals surface area contributed by atoms with E-state index in [1.54, 1.807) is 0 Å². The second-order valence-electron chi connectivity index (χ2n) is 23.6. The maximum Gasteiger partial charge on any atom is -0.0385 e. The minimum absolute atomic E-state index is 0.542. The zero-order valence-corrected chi connectivity index (χ0v) is 52.3. The lowest BCUT2D eigenvalue weighted by molar-refractivity contribution is 0.385. The van der Waals surface area contributed by atoms with E-state index in [4.69, 9.17) is 0 Å². The van der Waals surface area contributed by atoms with E-state index in [1.807, 2.05) is 0 Å². The summed E-state index contributed by atoms with van der Waals surface area (Å²) in [6, 6.07) is 0. The van der Waals surface area contributed by atoms with Gasteiger partial charge < -0.3 is 0 Å². The molecular formula is C65H146. The van der Waals surface area contributed by atoms with Gasteiger partial charge in [-0.15, -0.1) is 0 Å². The molecule has 0 bridgehead atoms. The summed E-state index contributed by atoms with van der Waals surface area (Å²) in [6.07, 6.45) is 42.1.